The number of hydrogen-bond acceptors (Lipinski definition) is 2. The van der Waals surface area contributed by atoms with E-state index in [1.807, 2.05) is 0 Å². The normalized spacial score (nSPS) is 22.0. The lowest BCUT2D eigenvalue weighted by Gasteiger charge is -2.30. The first-order valence-electron chi connectivity index (χ1n) is 5.07. The van der Waals surface area contributed by atoms with Crippen molar-refractivity contribution in [3.8, 4) is 0 Å². The molecule has 0 unspecified atom stereocenters. The Kier molecular flexibility index (Phi) is 3.72. The molecule has 1 aliphatic carbocycles. The van der Waals surface area contributed by atoms with Gasteiger partial charge in [-0.1, -0.05) is 26.2 Å². The van der Waals surface area contributed by atoms with Crippen LogP contribution in [0.3, 0.4) is 0 Å². The molecular formula is C10H19NO2. The zero-order valence-electron chi connectivity index (χ0n) is 8.20. The molecular weight excluding hydrogens is 166 g/mol. The number of nitrogens with two attached hydrogens (primary N) is 1. The lowest BCUT2D eigenvalue weighted by molar-refractivity contribution is -0.137. The molecule has 2 atom stereocenters. The van der Waals surface area contributed by atoms with Gasteiger partial charge in [-0.2, -0.15) is 0 Å². The van der Waals surface area contributed by atoms with Gasteiger partial charge in [0.05, 0.1) is 6.42 Å². The fraction of sp³-hybridized carbons (Fsp3) is 0.900. The Bertz CT molecular complexity index is 178. The molecule has 0 heterocycles. The van der Waals surface area contributed by atoms with Crippen LogP contribution in [0.15, 0.2) is 0 Å². The van der Waals surface area contributed by atoms with E-state index in [-0.39, 0.29) is 12.5 Å². The molecule has 1 rings (SSSR count). The molecule has 0 amide bonds. The van der Waals surface area contributed by atoms with Crippen molar-refractivity contribution in [1.29, 1.82) is 0 Å². The van der Waals surface area contributed by atoms with Crippen LogP contribution in [-0.4, -0.2) is 17.1 Å². The summed E-state index contributed by atoms with van der Waals surface area (Å²) < 4.78 is 0. The predicted octanol–water partition coefficient (Wildman–Crippen LogP) is 1.61. The van der Waals surface area contributed by atoms with Crippen LogP contribution in [0.2, 0.25) is 0 Å². The zero-order chi connectivity index (χ0) is 9.84. The van der Waals surface area contributed by atoms with Gasteiger partial charge in [0.1, 0.15) is 0 Å². The monoisotopic (exact) mass is 185 g/mol. The second kappa shape index (κ2) is 4.61. The SMILES string of the molecule is C[C@@H](CC1CCC1)[C@H](N)CC(=O)O. The minimum atomic E-state index is -0.784. The standard InChI is InChI=1S/C10H19NO2/c1-7(5-8-3-2-4-8)9(11)6-10(12)13/h7-9H,2-6,11H2,1H3,(H,12,13)/t7-,9+/m0/s1. The van der Waals surface area contributed by atoms with Crippen LogP contribution in [0.1, 0.15) is 39.0 Å². The Balaban J connectivity index is 2.20. The lowest BCUT2D eigenvalue weighted by Crippen LogP contribution is -2.33. The van der Waals surface area contributed by atoms with Crippen LogP contribution in [-0.2, 0) is 4.79 Å². The Hall–Kier alpha value is -0.570. The minimum Gasteiger partial charge on any atom is -0.481 e. The smallest absolute Gasteiger partial charge is 0.304 e. The van der Waals surface area contributed by atoms with Crippen LogP contribution in [0.5, 0.6) is 0 Å². The number of carbonyl (C=O) groups is 1. The Morgan fingerprint density at radius 2 is 2.23 bits per heavy atom. The van der Waals surface area contributed by atoms with Crippen molar-refractivity contribution in [2.75, 3.05) is 0 Å². The third-order valence-corrected chi connectivity index (χ3v) is 3.07. The Morgan fingerprint density at radius 3 is 2.62 bits per heavy atom. The lowest BCUT2D eigenvalue weighted by atomic mass is 9.77. The summed E-state index contributed by atoms with van der Waals surface area (Å²) in [5.74, 6) is 0.379. The third kappa shape index (κ3) is 3.35. The van der Waals surface area contributed by atoms with E-state index in [0.717, 1.165) is 12.3 Å². The Labute approximate surface area is 79.3 Å². The van der Waals surface area contributed by atoms with Crippen molar-refractivity contribution in [2.45, 2.75) is 45.1 Å². The van der Waals surface area contributed by atoms with Crippen LogP contribution in [0.4, 0.5) is 0 Å². The molecule has 1 aliphatic rings. The van der Waals surface area contributed by atoms with E-state index in [0.29, 0.717) is 5.92 Å². The average molecular weight is 185 g/mol. The maximum absolute atomic E-state index is 10.4. The topological polar surface area (TPSA) is 63.3 Å². The molecule has 3 N–H and O–H groups in total. The number of carboxylic acids is 1. The van der Waals surface area contributed by atoms with Gasteiger partial charge in [-0.25, -0.2) is 0 Å². The highest BCUT2D eigenvalue weighted by molar-refractivity contribution is 5.67. The predicted molar refractivity (Wildman–Crippen MR) is 51.4 cm³/mol. The molecule has 0 aromatic carbocycles. The van der Waals surface area contributed by atoms with E-state index >= 15 is 0 Å². The minimum absolute atomic E-state index is 0.105. The van der Waals surface area contributed by atoms with Crippen molar-refractivity contribution in [1.82, 2.24) is 0 Å². The van der Waals surface area contributed by atoms with E-state index in [1.165, 1.54) is 19.3 Å². The summed E-state index contributed by atoms with van der Waals surface area (Å²) in [6, 6.07) is -0.168. The molecule has 0 saturated heterocycles. The van der Waals surface area contributed by atoms with Crippen molar-refractivity contribution >= 4 is 5.97 Å². The molecule has 0 bridgehead atoms. The van der Waals surface area contributed by atoms with Crippen molar-refractivity contribution in [3.63, 3.8) is 0 Å². The van der Waals surface area contributed by atoms with Crippen LogP contribution >= 0.6 is 0 Å². The second-order valence-corrected chi connectivity index (χ2v) is 4.27. The molecule has 0 radical (unpaired) electrons. The van der Waals surface area contributed by atoms with Gasteiger partial charge < -0.3 is 10.8 Å². The highest BCUT2D eigenvalue weighted by Crippen LogP contribution is 2.33. The van der Waals surface area contributed by atoms with Crippen molar-refractivity contribution < 1.29 is 9.90 Å². The summed E-state index contributed by atoms with van der Waals surface area (Å²) >= 11 is 0. The van der Waals surface area contributed by atoms with Gasteiger partial charge in [-0.15, -0.1) is 0 Å². The number of rotatable bonds is 5. The van der Waals surface area contributed by atoms with E-state index < -0.39 is 5.97 Å². The molecule has 0 aliphatic heterocycles. The first-order chi connectivity index (χ1) is 6.09. The van der Waals surface area contributed by atoms with Gasteiger partial charge in [-0.05, 0) is 18.3 Å². The van der Waals surface area contributed by atoms with E-state index in [4.69, 9.17) is 10.8 Å². The fourth-order valence-corrected chi connectivity index (χ4v) is 1.83. The van der Waals surface area contributed by atoms with Gasteiger partial charge in [0, 0.05) is 6.04 Å². The van der Waals surface area contributed by atoms with Crippen LogP contribution in [0, 0.1) is 11.8 Å². The molecule has 0 aromatic heterocycles. The van der Waals surface area contributed by atoms with E-state index in [1.54, 1.807) is 0 Å². The maximum Gasteiger partial charge on any atom is 0.304 e. The van der Waals surface area contributed by atoms with E-state index in [9.17, 15) is 4.79 Å². The summed E-state index contributed by atoms with van der Waals surface area (Å²) in [6.07, 6.45) is 5.17. The van der Waals surface area contributed by atoms with Gasteiger partial charge in [0.2, 0.25) is 0 Å². The molecule has 3 heteroatoms. The largest absolute Gasteiger partial charge is 0.481 e. The first kappa shape index (κ1) is 10.5. The Morgan fingerprint density at radius 1 is 1.62 bits per heavy atom. The van der Waals surface area contributed by atoms with Gasteiger partial charge in [0.25, 0.3) is 0 Å². The molecule has 1 fully saturated rings. The van der Waals surface area contributed by atoms with Gasteiger partial charge in [0.15, 0.2) is 0 Å². The summed E-state index contributed by atoms with van der Waals surface area (Å²) in [5, 5.41) is 8.56. The molecule has 76 valence electrons. The summed E-state index contributed by atoms with van der Waals surface area (Å²) in [5.41, 5.74) is 5.76. The molecule has 0 aromatic rings. The zero-order valence-corrected chi connectivity index (χ0v) is 8.20. The second-order valence-electron chi connectivity index (χ2n) is 4.27. The highest BCUT2D eigenvalue weighted by Gasteiger charge is 2.23. The average Bonchev–Trinajstić information content (AvgIpc) is 1.94. The van der Waals surface area contributed by atoms with Crippen LogP contribution in [0.25, 0.3) is 0 Å². The number of carboxylic acid groups (broad SMARTS) is 1. The first-order valence-corrected chi connectivity index (χ1v) is 5.07. The maximum atomic E-state index is 10.4. The quantitative estimate of drug-likeness (QED) is 0.684. The molecule has 13 heavy (non-hydrogen) atoms. The van der Waals surface area contributed by atoms with Crippen molar-refractivity contribution in [2.24, 2.45) is 17.6 Å². The third-order valence-electron chi connectivity index (χ3n) is 3.07. The number of aliphatic carboxylic acids is 1. The van der Waals surface area contributed by atoms with Gasteiger partial charge in [-0.3, -0.25) is 4.79 Å². The summed E-state index contributed by atoms with van der Waals surface area (Å²) in [7, 11) is 0. The summed E-state index contributed by atoms with van der Waals surface area (Å²) in [6.45, 7) is 2.06. The van der Waals surface area contributed by atoms with E-state index in [2.05, 4.69) is 6.92 Å². The molecule has 1 saturated carbocycles. The fourth-order valence-electron chi connectivity index (χ4n) is 1.83. The molecule has 3 nitrogen and oxygen atoms in total. The number of hydrogen-bond donors (Lipinski definition) is 2. The van der Waals surface area contributed by atoms with Gasteiger partial charge >= 0.3 is 5.97 Å². The van der Waals surface area contributed by atoms with Crippen LogP contribution < -0.4 is 5.73 Å². The summed E-state index contributed by atoms with van der Waals surface area (Å²) in [4.78, 5) is 10.4. The highest BCUT2D eigenvalue weighted by atomic mass is 16.4. The van der Waals surface area contributed by atoms with Crippen molar-refractivity contribution in [3.05, 3.63) is 0 Å². The molecule has 0 spiro atoms.